The number of benzene rings is 3. The van der Waals surface area contributed by atoms with Gasteiger partial charge in [0, 0.05) is 6.54 Å². The lowest BCUT2D eigenvalue weighted by molar-refractivity contribution is -0.130. The van der Waals surface area contributed by atoms with Gasteiger partial charge in [-0.15, -0.1) is 0 Å². The second-order valence-corrected chi connectivity index (χ2v) is 7.79. The fourth-order valence-corrected chi connectivity index (χ4v) is 3.96. The van der Waals surface area contributed by atoms with Crippen LogP contribution in [0.3, 0.4) is 0 Å². The molecule has 160 valence electrons. The number of amides is 1. The summed E-state index contributed by atoms with van der Waals surface area (Å²) in [7, 11) is 0. The highest BCUT2D eigenvalue weighted by Crippen LogP contribution is 2.39. The standard InChI is InChI=1S/C28H25NO3/c1-2-20-13-16-23(17-14-20)26-25(24(30)18-15-21-9-5-3-6-10-21)27(31)28(32)29(26)19-22-11-7-4-8-12-22/h3-18,26,31H,2,19H2,1H3/b18-15+. The zero-order valence-electron chi connectivity index (χ0n) is 17.9. The predicted octanol–water partition coefficient (Wildman–Crippen LogP) is 5.43. The topological polar surface area (TPSA) is 57.6 Å². The lowest BCUT2D eigenvalue weighted by Crippen LogP contribution is -2.30. The number of aryl methyl sites for hydroxylation is 1. The third kappa shape index (κ3) is 4.40. The quantitative estimate of drug-likeness (QED) is 0.516. The van der Waals surface area contributed by atoms with Gasteiger partial charge < -0.3 is 10.0 Å². The summed E-state index contributed by atoms with van der Waals surface area (Å²) in [4.78, 5) is 27.8. The highest BCUT2D eigenvalue weighted by atomic mass is 16.3. The maximum atomic E-state index is 13.2. The second-order valence-electron chi connectivity index (χ2n) is 7.79. The van der Waals surface area contributed by atoms with Crippen LogP contribution in [0.4, 0.5) is 0 Å². The van der Waals surface area contributed by atoms with E-state index in [4.69, 9.17) is 0 Å². The molecule has 0 aromatic heterocycles. The number of ketones is 1. The second kappa shape index (κ2) is 9.48. The van der Waals surface area contributed by atoms with E-state index in [9.17, 15) is 14.7 Å². The monoisotopic (exact) mass is 423 g/mol. The average molecular weight is 424 g/mol. The molecule has 1 heterocycles. The summed E-state index contributed by atoms with van der Waals surface area (Å²) in [5, 5.41) is 10.7. The molecule has 1 amide bonds. The fraction of sp³-hybridized carbons (Fsp3) is 0.143. The van der Waals surface area contributed by atoms with Crippen LogP contribution in [0.15, 0.2) is 102 Å². The van der Waals surface area contributed by atoms with Crippen molar-refractivity contribution >= 4 is 17.8 Å². The molecule has 32 heavy (non-hydrogen) atoms. The molecule has 3 aromatic carbocycles. The third-order valence-electron chi connectivity index (χ3n) is 5.70. The van der Waals surface area contributed by atoms with E-state index in [-0.39, 0.29) is 11.4 Å². The Hall–Kier alpha value is -3.92. The Morgan fingerprint density at radius 1 is 0.906 bits per heavy atom. The first kappa shape index (κ1) is 21.3. The molecule has 0 bridgehead atoms. The Kier molecular flexibility index (Phi) is 6.31. The first-order valence-corrected chi connectivity index (χ1v) is 10.7. The number of allylic oxidation sites excluding steroid dienone is 1. The Morgan fingerprint density at radius 3 is 2.16 bits per heavy atom. The minimum atomic E-state index is -0.651. The molecule has 4 rings (SSSR count). The Labute approximate surface area is 188 Å². The maximum absolute atomic E-state index is 13.2. The van der Waals surface area contributed by atoms with E-state index in [1.165, 1.54) is 6.08 Å². The van der Waals surface area contributed by atoms with E-state index >= 15 is 0 Å². The molecular formula is C28H25NO3. The van der Waals surface area contributed by atoms with Gasteiger partial charge in [0.15, 0.2) is 11.5 Å². The number of hydrogen-bond donors (Lipinski definition) is 1. The molecule has 0 saturated heterocycles. The van der Waals surface area contributed by atoms with Crippen LogP contribution in [0.5, 0.6) is 0 Å². The molecule has 1 unspecified atom stereocenters. The van der Waals surface area contributed by atoms with E-state index in [1.54, 1.807) is 11.0 Å². The van der Waals surface area contributed by atoms with Crippen LogP contribution >= 0.6 is 0 Å². The van der Waals surface area contributed by atoms with Crippen molar-refractivity contribution in [2.75, 3.05) is 0 Å². The maximum Gasteiger partial charge on any atom is 0.290 e. The molecule has 0 aliphatic carbocycles. The summed E-state index contributed by atoms with van der Waals surface area (Å²) in [6.45, 7) is 2.37. The van der Waals surface area contributed by atoms with Gasteiger partial charge in [0.2, 0.25) is 0 Å². The van der Waals surface area contributed by atoms with Gasteiger partial charge in [-0.3, -0.25) is 9.59 Å². The van der Waals surface area contributed by atoms with Gasteiger partial charge in [0.25, 0.3) is 5.91 Å². The summed E-state index contributed by atoms with van der Waals surface area (Å²) in [5.74, 6) is -1.39. The summed E-state index contributed by atoms with van der Waals surface area (Å²) < 4.78 is 0. The van der Waals surface area contributed by atoms with Crippen molar-refractivity contribution in [3.8, 4) is 0 Å². The molecule has 4 nitrogen and oxygen atoms in total. The molecule has 1 atom stereocenters. The van der Waals surface area contributed by atoms with Crippen molar-refractivity contribution in [2.24, 2.45) is 0 Å². The van der Waals surface area contributed by atoms with E-state index in [0.717, 1.165) is 28.7 Å². The Bertz CT molecular complexity index is 1160. The van der Waals surface area contributed by atoms with Gasteiger partial charge >= 0.3 is 0 Å². The third-order valence-corrected chi connectivity index (χ3v) is 5.70. The summed E-state index contributed by atoms with van der Waals surface area (Å²) in [6, 6.07) is 26.2. The zero-order valence-corrected chi connectivity index (χ0v) is 17.9. The molecule has 1 N–H and O–H groups in total. The lowest BCUT2D eigenvalue weighted by Gasteiger charge is -2.27. The smallest absolute Gasteiger partial charge is 0.290 e. The normalized spacial score (nSPS) is 16.2. The molecule has 0 fully saturated rings. The number of nitrogens with zero attached hydrogens (tertiary/aromatic N) is 1. The van der Waals surface area contributed by atoms with Gasteiger partial charge in [-0.05, 0) is 34.8 Å². The molecular weight excluding hydrogens is 398 g/mol. The molecule has 0 saturated carbocycles. The SMILES string of the molecule is CCc1ccc(C2C(C(=O)/C=C/c3ccccc3)=C(O)C(=O)N2Cc2ccccc2)cc1. The minimum Gasteiger partial charge on any atom is -0.503 e. The molecule has 1 aliphatic heterocycles. The number of rotatable bonds is 7. The number of hydrogen-bond acceptors (Lipinski definition) is 3. The average Bonchev–Trinajstić information content (AvgIpc) is 3.09. The van der Waals surface area contributed by atoms with Crippen molar-refractivity contribution in [3.63, 3.8) is 0 Å². The van der Waals surface area contributed by atoms with Crippen LogP contribution in [-0.2, 0) is 22.6 Å². The van der Waals surface area contributed by atoms with Crippen LogP contribution in [0.1, 0.15) is 35.2 Å². The number of carbonyl (C=O) groups is 2. The molecule has 4 heteroatoms. The van der Waals surface area contributed by atoms with Gasteiger partial charge in [0.05, 0.1) is 11.6 Å². The zero-order chi connectivity index (χ0) is 22.5. The number of aliphatic hydroxyl groups excluding tert-OH is 1. The first-order chi connectivity index (χ1) is 15.6. The van der Waals surface area contributed by atoms with Crippen LogP contribution in [0, 0.1) is 0 Å². The van der Waals surface area contributed by atoms with Gasteiger partial charge in [0.1, 0.15) is 0 Å². The molecule has 1 aliphatic rings. The van der Waals surface area contributed by atoms with Crippen molar-refractivity contribution < 1.29 is 14.7 Å². The van der Waals surface area contributed by atoms with E-state index in [1.807, 2.05) is 84.9 Å². The fourth-order valence-electron chi connectivity index (χ4n) is 3.96. The summed E-state index contributed by atoms with van der Waals surface area (Å²) in [6.07, 6.45) is 4.02. The van der Waals surface area contributed by atoms with Crippen molar-refractivity contribution in [1.82, 2.24) is 4.90 Å². The van der Waals surface area contributed by atoms with Crippen molar-refractivity contribution in [1.29, 1.82) is 0 Å². The van der Waals surface area contributed by atoms with Crippen molar-refractivity contribution in [2.45, 2.75) is 25.9 Å². The Balaban J connectivity index is 1.72. The first-order valence-electron chi connectivity index (χ1n) is 10.7. The Morgan fingerprint density at radius 2 is 1.53 bits per heavy atom. The summed E-state index contributed by atoms with van der Waals surface area (Å²) >= 11 is 0. The van der Waals surface area contributed by atoms with Gasteiger partial charge in [-0.2, -0.15) is 0 Å². The van der Waals surface area contributed by atoms with Gasteiger partial charge in [-0.1, -0.05) is 97.9 Å². The van der Waals surface area contributed by atoms with E-state index < -0.39 is 17.7 Å². The highest BCUT2D eigenvalue weighted by Gasteiger charge is 2.42. The largest absolute Gasteiger partial charge is 0.503 e. The van der Waals surface area contributed by atoms with Gasteiger partial charge in [-0.25, -0.2) is 0 Å². The predicted molar refractivity (Wildman–Crippen MR) is 126 cm³/mol. The molecule has 0 spiro atoms. The van der Waals surface area contributed by atoms with Crippen molar-refractivity contribution in [3.05, 3.63) is 125 Å². The minimum absolute atomic E-state index is 0.113. The molecule has 3 aromatic rings. The van der Waals surface area contributed by atoms with Crippen LogP contribution in [-0.4, -0.2) is 21.7 Å². The highest BCUT2D eigenvalue weighted by molar-refractivity contribution is 6.14. The van der Waals surface area contributed by atoms with Crippen LogP contribution < -0.4 is 0 Å². The molecule has 0 radical (unpaired) electrons. The lowest BCUT2D eigenvalue weighted by atomic mass is 9.94. The van der Waals surface area contributed by atoms with E-state index in [2.05, 4.69) is 6.92 Å². The van der Waals surface area contributed by atoms with Crippen LogP contribution in [0.25, 0.3) is 6.08 Å². The van der Waals surface area contributed by atoms with E-state index in [0.29, 0.717) is 6.54 Å². The van der Waals surface area contributed by atoms with Crippen LogP contribution in [0.2, 0.25) is 0 Å². The number of carbonyl (C=O) groups excluding carboxylic acids is 2. The number of aliphatic hydroxyl groups is 1. The summed E-state index contributed by atoms with van der Waals surface area (Å²) in [5.41, 5.74) is 3.87.